The maximum Gasteiger partial charge on any atom is 0.127 e. The van der Waals surface area contributed by atoms with E-state index in [1.807, 2.05) is 18.2 Å². The molecule has 0 aliphatic rings. The van der Waals surface area contributed by atoms with Crippen LogP contribution in [0.3, 0.4) is 0 Å². The van der Waals surface area contributed by atoms with Crippen molar-refractivity contribution in [2.24, 2.45) is 0 Å². The van der Waals surface area contributed by atoms with Crippen molar-refractivity contribution in [3.8, 4) is 5.75 Å². The van der Waals surface area contributed by atoms with E-state index in [1.54, 1.807) is 0 Å². The number of phenols is 1. The lowest BCUT2D eigenvalue weighted by Crippen LogP contribution is -2.12. The topological polar surface area (TPSA) is 20.2 Å². The first-order valence-corrected chi connectivity index (χ1v) is 6.69. The van der Waals surface area contributed by atoms with E-state index in [0.29, 0.717) is 5.75 Å². The van der Waals surface area contributed by atoms with Crippen molar-refractivity contribution in [1.29, 1.82) is 0 Å². The number of rotatable bonds is 2. The maximum absolute atomic E-state index is 10.5. The quantitative estimate of drug-likeness (QED) is 0.802. The molecule has 0 atom stereocenters. The van der Waals surface area contributed by atoms with Gasteiger partial charge in [-0.15, -0.1) is 0 Å². The van der Waals surface area contributed by atoms with Gasteiger partial charge in [-0.1, -0.05) is 64.4 Å². The van der Waals surface area contributed by atoms with Gasteiger partial charge in [-0.3, -0.25) is 0 Å². The Morgan fingerprint density at radius 2 is 1.67 bits per heavy atom. The normalized spacial score (nSPS) is 12.0. The molecule has 0 aliphatic carbocycles. The summed E-state index contributed by atoms with van der Waals surface area (Å²) in [5.74, 6) is 0.443. The van der Waals surface area contributed by atoms with Crippen molar-refractivity contribution in [1.82, 2.24) is 0 Å². The van der Waals surface area contributed by atoms with Crippen LogP contribution in [0.4, 0.5) is 0 Å². The van der Waals surface area contributed by atoms with Gasteiger partial charge >= 0.3 is 0 Å². The van der Waals surface area contributed by atoms with Gasteiger partial charge in [-0.25, -0.2) is 0 Å². The second kappa shape index (κ2) is 4.64. The molecule has 1 nitrogen and oxygen atoms in total. The van der Waals surface area contributed by atoms with Crippen LogP contribution >= 0.6 is 0 Å². The number of benzene rings is 2. The van der Waals surface area contributed by atoms with Gasteiger partial charge in [-0.05, 0) is 22.8 Å². The highest BCUT2D eigenvalue weighted by molar-refractivity contribution is 5.92. The second-order valence-electron chi connectivity index (χ2n) is 5.98. The van der Waals surface area contributed by atoms with Crippen LogP contribution in [0.15, 0.2) is 30.3 Å². The van der Waals surface area contributed by atoms with Crippen LogP contribution in [0.25, 0.3) is 10.8 Å². The molecule has 0 saturated carbocycles. The Morgan fingerprint density at radius 3 is 2.22 bits per heavy atom. The van der Waals surface area contributed by atoms with Crippen molar-refractivity contribution in [2.45, 2.75) is 46.0 Å². The zero-order valence-corrected chi connectivity index (χ0v) is 11.7. The summed E-state index contributed by atoms with van der Waals surface area (Å²) in [4.78, 5) is 0. The zero-order chi connectivity index (χ0) is 13.3. The van der Waals surface area contributed by atoms with Crippen LogP contribution in [0.1, 0.15) is 45.2 Å². The zero-order valence-electron chi connectivity index (χ0n) is 11.7. The number of aryl methyl sites for hydroxylation is 1. The lowest BCUT2D eigenvalue weighted by atomic mass is 9.83. The van der Waals surface area contributed by atoms with Crippen LogP contribution in [-0.2, 0) is 11.8 Å². The Hall–Kier alpha value is -1.50. The molecule has 0 heterocycles. The molecule has 0 bridgehead atoms. The smallest absolute Gasteiger partial charge is 0.127 e. The van der Waals surface area contributed by atoms with Crippen LogP contribution in [-0.4, -0.2) is 5.11 Å². The first-order valence-electron chi connectivity index (χ1n) is 6.69. The van der Waals surface area contributed by atoms with Crippen molar-refractivity contribution in [3.05, 3.63) is 41.5 Å². The molecule has 0 saturated heterocycles. The Kier molecular flexibility index (Phi) is 3.34. The van der Waals surface area contributed by atoms with E-state index in [0.717, 1.165) is 23.8 Å². The minimum absolute atomic E-state index is 0.0311. The third-order valence-electron chi connectivity index (χ3n) is 3.43. The monoisotopic (exact) mass is 242 g/mol. The average molecular weight is 242 g/mol. The molecule has 1 N–H and O–H groups in total. The highest BCUT2D eigenvalue weighted by Crippen LogP contribution is 2.38. The predicted octanol–water partition coefficient (Wildman–Crippen LogP) is 4.80. The van der Waals surface area contributed by atoms with E-state index < -0.39 is 0 Å². The lowest BCUT2D eigenvalue weighted by Gasteiger charge is -2.23. The molecule has 0 amide bonds. The molecular formula is C17H22O. The SMILES string of the molecule is CCCc1cc(C(C)(C)C)c(O)c2ccccc12. The number of hydrogen-bond acceptors (Lipinski definition) is 1. The predicted molar refractivity (Wildman–Crippen MR) is 78.3 cm³/mol. The molecule has 2 rings (SSSR count). The molecular weight excluding hydrogens is 220 g/mol. The minimum atomic E-state index is -0.0311. The number of fused-ring (bicyclic) bond motifs is 1. The molecule has 0 radical (unpaired) electrons. The summed E-state index contributed by atoms with van der Waals surface area (Å²) in [6.45, 7) is 8.63. The molecule has 0 spiro atoms. The molecule has 2 aromatic rings. The molecule has 0 aromatic heterocycles. The van der Waals surface area contributed by atoms with E-state index in [4.69, 9.17) is 0 Å². The fraction of sp³-hybridized carbons (Fsp3) is 0.412. The van der Waals surface area contributed by atoms with Crippen molar-refractivity contribution >= 4 is 10.8 Å². The van der Waals surface area contributed by atoms with E-state index in [2.05, 4.69) is 39.8 Å². The Bertz CT molecular complexity index is 562. The van der Waals surface area contributed by atoms with E-state index in [1.165, 1.54) is 10.9 Å². The van der Waals surface area contributed by atoms with Gasteiger partial charge in [0, 0.05) is 10.9 Å². The van der Waals surface area contributed by atoms with Gasteiger partial charge in [0.25, 0.3) is 0 Å². The summed E-state index contributed by atoms with van der Waals surface area (Å²) in [5, 5.41) is 12.6. The summed E-state index contributed by atoms with van der Waals surface area (Å²) < 4.78 is 0. The number of aromatic hydroxyl groups is 1. The van der Waals surface area contributed by atoms with E-state index >= 15 is 0 Å². The van der Waals surface area contributed by atoms with E-state index in [-0.39, 0.29) is 5.41 Å². The van der Waals surface area contributed by atoms with Gasteiger partial charge in [0.05, 0.1) is 0 Å². The first kappa shape index (κ1) is 12.9. The van der Waals surface area contributed by atoms with Crippen molar-refractivity contribution in [2.75, 3.05) is 0 Å². The van der Waals surface area contributed by atoms with Gasteiger partial charge in [0.15, 0.2) is 0 Å². The highest BCUT2D eigenvalue weighted by Gasteiger charge is 2.21. The minimum Gasteiger partial charge on any atom is -0.507 e. The summed E-state index contributed by atoms with van der Waals surface area (Å²) >= 11 is 0. The van der Waals surface area contributed by atoms with Crippen LogP contribution in [0.2, 0.25) is 0 Å². The number of hydrogen-bond donors (Lipinski definition) is 1. The Labute approximate surface area is 109 Å². The average Bonchev–Trinajstić information content (AvgIpc) is 2.31. The van der Waals surface area contributed by atoms with Gasteiger partial charge in [-0.2, -0.15) is 0 Å². The highest BCUT2D eigenvalue weighted by atomic mass is 16.3. The van der Waals surface area contributed by atoms with Gasteiger partial charge in [0.1, 0.15) is 5.75 Å². The van der Waals surface area contributed by atoms with Crippen LogP contribution in [0.5, 0.6) is 5.75 Å². The van der Waals surface area contributed by atoms with Gasteiger partial charge < -0.3 is 5.11 Å². The first-order chi connectivity index (χ1) is 8.45. The standard InChI is InChI=1S/C17H22O/c1-5-8-12-11-15(17(2,3)4)16(18)14-10-7-6-9-13(12)14/h6-7,9-11,18H,5,8H2,1-4H3. The number of phenolic OH excluding ortho intramolecular Hbond substituents is 1. The fourth-order valence-electron chi connectivity index (χ4n) is 2.48. The molecule has 0 unspecified atom stereocenters. The maximum atomic E-state index is 10.5. The van der Waals surface area contributed by atoms with Gasteiger partial charge in [0.2, 0.25) is 0 Å². The van der Waals surface area contributed by atoms with Crippen LogP contribution < -0.4 is 0 Å². The Balaban J connectivity index is 2.79. The molecule has 96 valence electrons. The summed E-state index contributed by atoms with van der Waals surface area (Å²) in [6.07, 6.45) is 2.18. The largest absolute Gasteiger partial charge is 0.507 e. The summed E-state index contributed by atoms with van der Waals surface area (Å²) in [6, 6.07) is 10.3. The fourth-order valence-corrected chi connectivity index (χ4v) is 2.48. The molecule has 0 aliphatic heterocycles. The molecule has 0 fully saturated rings. The van der Waals surface area contributed by atoms with Crippen molar-refractivity contribution < 1.29 is 5.11 Å². The van der Waals surface area contributed by atoms with Crippen molar-refractivity contribution in [3.63, 3.8) is 0 Å². The molecule has 1 heteroatoms. The molecule has 2 aromatic carbocycles. The van der Waals surface area contributed by atoms with E-state index in [9.17, 15) is 5.11 Å². The third-order valence-corrected chi connectivity index (χ3v) is 3.43. The summed E-state index contributed by atoms with van der Waals surface area (Å²) in [7, 11) is 0. The van der Waals surface area contributed by atoms with Crippen LogP contribution in [0, 0.1) is 0 Å². The lowest BCUT2D eigenvalue weighted by molar-refractivity contribution is 0.452. The molecule has 18 heavy (non-hydrogen) atoms. The Morgan fingerprint density at radius 1 is 1.06 bits per heavy atom. The second-order valence-corrected chi connectivity index (χ2v) is 5.98. The third kappa shape index (κ3) is 2.22. The summed E-state index contributed by atoms with van der Waals surface area (Å²) in [5.41, 5.74) is 2.36.